The Kier molecular flexibility index (Phi) is 15.1. The molecule has 5 unspecified atom stereocenters. The predicted molar refractivity (Wildman–Crippen MR) is 123 cm³/mol. The molecule has 196 valence electrons. The van der Waals surface area contributed by atoms with E-state index in [1.54, 1.807) is 0 Å². The lowest BCUT2D eigenvalue weighted by Gasteiger charge is -2.24. The molecule has 0 aliphatic heterocycles. The van der Waals surface area contributed by atoms with Gasteiger partial charge >= 0.3 is 5.97 Å². The Morgan fingerprint density at radius 1 is 0.882 bits per heavy atom. The number of aliphatic carboxylic acids is 1. The van der Waals surface area contributed by atoms with Crippen molar-refractivity contribution in [3.63, 3.8) is 0 Å². The van der Waals surface area contributed by atoms with Gasteiger partial charge < -0.3 is 54.2 Å². The number of amides is 3. The topological polar surface area (TPSA) is 282 Å². The van der Waals surface area contributed by atoms with Crippen LogP contribution in [-0.2, 0) is 19.2 Å². The number of nitrogens with one attached hydrogen (secondary N) is 3. The van der Waals surface area contributed by atoms with Crippen molar-refractivity contribution in [1.29, 1.82) is 0 Å². The van der Waals surface area contributed by atoms with Crippen LogP contribution in [0.2, 0.25) is 0 Å². The number of carboxylic acid groups (broad SMARTS) is 1. The van der Waals surface area contributed by atoms with Gasteiger partial charge in [0.25, 0.3) is 0 Å². The van der Waals surface area contributed by atoms with E-state index in [-0.39, 0.29) is 31.8 Å². The number of aliphatic hydroxyl groups excluding tert-OH is 2. The summed E-state index contributed by atoms with van der Waals surface area (Å²) < 4.78 is 0. The number of aliphatic imine (C=N–C) groups is 1. The highest BCUT2D eigenvalue weighted by molar-refractivity contribution is 5.94. The van der Waals surface area contributed by atoms with Gasteiger partial charge in [-0.25, -0.2) is 4.79 Å². The molecule has 0 aliphatic carbocycles. The monoisotopic (exact) mass is 490 g/mol. The molecule has 15 heteroatoms. The second-order valence-corrected chi connectivity index (χ2v) is 7.70. The lowest BCUT2D eigenvalue weighted by atomic mass is 10.1. The maximum Gasteiger partial charge on any atom is 0.326 e. The number of carbonyl (C=O) groups is 4. The number of guanidine groups is 1. The number of aliphatic hydroxyl groups is 2. The number of unbranched alkanes of at least 4 members (excludes halogenated alkanes) is 1. The summed E-state index contributed by atoms with van der Waals surface area (Å²) in [6, 6.07) is -5.22. The standard InChI is InChI=1S/C19H38N8O7/c1-10(29)14(21)17(32)25-11(6-4-8-24-19(22)23)15(30)27-13(9-28)16(31)26-12(18(33)34)5-2-3-7-20/h10-14,28-29H,2-9,20-21H2,1H3,(H,25,32)(H,26,31)(H,27,30)(H,33,34)(H4,22,23,24). The second-order valence-electron chi connectivity index (χ2n) is 7.70. The average Bonchev–Trinajstić information content (AvgIpc) is 2.77. The van der Waals surface area contributed by atoms with Gasteiger partial charge in [-0.2, -0.15) is 0 Å². The molecule has 3 amide bonds. The zero-order chi connectivity index (χ0) is 26.3. The highest BCUT2D eigenvalue weighted by atomic mass is 16.4. The fourth-order valence-electron chi connectivity index (χ4n) is 2.75. The molecule has 0 saturated carbocycles. The van der Waals surface area contributed by atoms with Gasteiger partial charge in [0.15, 0.2) is 5.96 Å². The summed E-state index contributed by atoms with van der Waals surface area (Å²) in [5.74, 6) is -3.99. The van der Waals surface area contributed by atoms with Crippen LogP contribution in [0.15, 0.2) is 4.99 Å². The van der Waals surface area contributed by atoms with Gasteiger partial charge in [0.1, 0.15) is 24.2 Å². The van der Waals surface area contributed by atoms with Crippen LogP contribution in [0.3, 0.4) is 0 Å². The van der Waals surface area contributed by atoms with Crippen molar-refractivity contribution in [3.8, 4) is 0 Å². The van der Waals surface area contributed by atoms with Crippen LogP contribution in [0.1, 0.15) is 39.0 Å². The van der Waals surface area contributed by atoms with E-state index in [0.29, 0.717) is 19.4 Å². The molecule has 0 rings (SSSR count). The molecule has 0 aromatic heterocycles. The number of carbonyl (C=O) groups excluding carboxylic acids is 3. The molecule has 5 atom stereocenters. The number of carboxylic acids is 1. The fraction of sp³-hybridized carbons (Fsp3) is 0.737. The molecule has 0 aliphatic rings. The van der Waals surface area contributed by atoms with Crippen molar-refractivity contribution in [1.82, 2.24) is 16.0 Å². The van der Waals surface area contributed by atoms with Crippen LogP contribution >= 0.6 is 0 Å². The van der Waals surface area contributed by atoms with Crippen LogP contribution < -0.4 is 38.9 Å². The van der Waals surface area contributed by atoms with Crippen LogP contribution in [0.5, 0.6) is 0 Å². The van der Waals surface area contributed by atoms with E-state index in [9.17, 15) is 34.5 Å². The Bertz CT molecular complexity index is 700. The Labute approximate surface area is 197 Å². The Balaban J connectivity index is 5.29. The number of nitrogens with two attached hydrogens (primary N) is 4. The summed E-state index contributed by atoms with van der Waals surface area (Å²) in [6.07, 6.45) is 0.252. The number of hydrogen-bond acceptors (Lipinski definition) is 9. The molecule has 0 heterocycles. The van der Waals surface area contributed by atoms with Crippen molar-refractivity contribution in [2.75, 3.05) is 19.7 Å². The quantitative estimate of drug-likeness (QED) is 0.0525. The summed E-state index contributed by atoms with van der Waals surface area (Å²) in [7, 11) is 0. The largest absolute Gasteiger partial charge is 0.480 e. The number of nitrogens with zero attached hydrogens (tertiary/aromatic N) is 1. The maximum absolute atomic E-state index is 12.8. The second kappa shape index (κ2) is 16.6. The predicted octanol–water partition coefficient (Wildman–Crippen LogP) is -4.59. The molecular formula is C19H38N8O7. The fourth-order valence-corrected chi connectivity index (χ4v) is 2.75. The Morgan fingerprint density at radius 2 is 1.41 bits per heavy atom. The maximum atomic E-state index is 12.8. The first kappa shape index (κ1) is 31.0. The van der Waals surface area contributed by atoms with Crippen LogP contribution in [-0.4, -0.2) is 94.9 Å². The molecule has 14 N–H and O–H groups in total. The Hall–Kier alpha value is -3.01. The van der Waals surface area contributed by atoms with Crippen molar-refractivity contribution < 1.29 is 34.5 Å². The van der Waals surface area contributed by atoms with E-state index in [4.69, 9.17) is 22.9 Å². The molecule has 0 aromatic carbocycles. The molecule has 0 bridgehead atoms. The third kappa shape index (κ3) is 12.3. The van der Waals surface area contributed by atoms with Crippen LogP contribution in [0, 0.1) is 0 Å². The molecule has 0 radical (unpaired) electrons. The van der Waals surface area contributed by atoms with Crippen molar-refractivity contribution >= 4 is 29.7 Å². The van der Waals surface area contributed by atoms with Gasteiger partial charge in [-0.05, 0) is 45.6 Å². The molecule has 0 saturated heterocycles. The third-order valence-corrected chi connectivity index (χ3v) is 4.78. The Morgan fingerprint density at radius 3 is 1.91 bits per heavy atom. The summed E-state index contributed by atoms with van der Waals surface area (Å²) in [5, 5.41) is 35.3. The van der Waals surface area contributed by atoms with Crippen molar-refractivity contribution in [2.24, 2.45) is 27.9 Å². The van der Waals surface area contributed by atoms with Gasteiger partial charge in [-0.1, -0.05) is 0 Å². The zero-order valence-corrected chi connectivity index (χ0v) is 19.3. The van der Waals surface area contributed by atoms with Gasteiger partial charge in [0, 0.05) is 6.54 Å². The summed E-state index contributed by atoms with van der Waals surface area (Å²) in [5.41, 5.74) is 21.5. The van der Waals surface area contributed by atoms with Gasteiger partial charge in [0.2, 0.25) is 17.7 Å². The van der Waals surface area contributed by atoms with Crippen LogP contribution in [0.25, 0.3) is 0 Å². The first-order chi connectivity index (χ1) is 15.9. The normalized spacial score (nSPS) is 15.2. The SMILES string of the molecule is CC(O)C(N)C(=O)NC(CCCN=C(N)N)C(=O)NC(CO)C(=O)NC(CCCCN)C(=O)O. The smallest absolute Gasteiger partial charge is 0.326 e. The minimum Gasteiger partial charge on any atom is -0.480 e. The van der Waals surface area contributed by atoms with Crippen molar-refractivity contribution in [2.45, 2.75) is 69.3 Å². The first-order valence-corrected chi connectivity index (χ1v) is 10.9. The molecule has 0 fully saturated rings. The molecule has 15 nitrogen and oxygen atoms in total. The van der Waals surface area contributed by atoms with E-state index in [2.05, 4.69) is 20.9 Å². The zero-order valence-electron chi connectivity index (χ0n) is 19.3. The average molecular weight is 491 g/mol. The molecular weight excluding hydrogens is 452 g/mol. The van der Waals surface area contributed by atoms with Crippen LogP contribution in [0.4, 0.5) is 0 Å². The summed E-state index contributed by atoms with van der Waals surface area (Å²) >= 11 is 0. The third-order valence-electron chi connectivity index (χ3n) is 4.78. The van der Waals surface area contributed by atoms with E-state index >= 15 is 0 Å². The van der Waals surface area contributed by atoms with Crippen molar-refractivity contribution in [3.05, 3.63) is 0 Å². The summed E-state index contributed by atoms with van der Waals surface area (Å²) in [4.78, 5) is 52.7. The minimum atomic E-state index is -1.48. The number of rotatable bonds is 17. The lowest BCUT2D eigenvalue weighted by Crippen LogP contribution is -2.58. The van der Waals surface area contributed by atoms with E-state index in [1.165, 1.54) is 6.92 Å². The first-order valence-electron chi connectivity index (χ1n) is 10.9. The van der Waals surface area contributed by atoms with E-state index < -0.39 is 60.6 Å². The molecule has 34 heavy (non-hydrogen) atoms. The van der Waals surface area contributed by atoms with Gasteiger partial charge in [0.05, 0.1) is 12.7 Å². The number of hydrogen-bond donors (Lipinski definition) is 10. The highest BCUT2D eigenvalue weighted by Gasteiger charge is 2.30. The van der Waals surface area contributed by atoms with Gasteiger partial charge in [-0.15, -0.1) is 0 Å². The van der Waals surface area contributed by atoms with E-state index in [0.717, 1.165) is 0 Å². The molecule has 0 aromatic rings. The highest BCUT2D eigenvalue weighted by Crippen LogP contribution is 2.04. The summed E-state index contributed by atoms with van der Waals surface area (Å²) in [6.45, 7) is 0.993. The lowest BCUT2D eigenvalue weighted by molar-refractivity contribution is -0.142. The minimum absolute atomic E-state index is 0.0392. The molecule has 0 spiro atoms. The van der Waals surface area contributed by atoms with E-state index in [1.807, 2.05) is 0 Å². The van der Waals surface area contributed by atoms with Gasteiger partial charge in [-0.3, -0.25) is 19.4 Å².